The molecule has 1 aliphatic heterocycles. The summed E-state index contributed by atoms with van der Waals surface area (Å²) in [6.07, 6.45) is -0.710. The molecule has 3 aromatic carbocycles. The van der Waals surface area contributed by atoms with Crippen LogP contribution >= 0.6 is 0 Å². The number of aryl methyl sites for hydroxylation is 1. The Labute approximate surface area is 222 Å². The Hall–Kier alpha value is -4.65. The van der Waals surface area contributed by atoms with Crippen LogP contribution < -0.4 is 10.2 Å². The predicted molar refractivity (Wildman–Crippen MR) is 140 cm³/mol. The van der Waals surface area contributed by atoms with Crippen LogP contribution in [0.25, 0.3) is 22.5 Å². The maximum absolute atomic E-state index is 13.7. The first-order chi connectivity index (χ1) is 18.7. The first-order valence-corrected chi connectivity index (χ1v) is 12.5. The molecule has 0 spiro atoms. The number of aromatic nitrogens is 3. The third-order valence-electron chi connectivity index (χ3n) is 7.21. The Morgan fingerprint density at radius 2 is 1.90 bits per heavy atom. The summed E-state index contributed by atoms with van der Waals surface area (Å²) >= 11 is 0. The number of hydrogen-bond donors (Lipinski definition) is 1. The van der Waals surface area contributed by atoms with E-state index in [1.807, 2.05) is 13.1 Å². The Morgan fingerprint density at radius 3 is 2.59 bits per heavy atom. The Morgan fingerprint density at radius 1 is 1.08 bits per heavy atom. The van der Waals surface area contributed by atoms with E-state index in [0.29, 0.717) is 34.1 Å². The van der Waals surface area contributed by atoms with Gasteiger partial charge in [-0.2, -0.15) is 18.4 Å². The molecular formula is C29H23F3N6O. The van der Waals surface area contributed by atoms with E-state index in [2.05, 4.69) is 21.6 Å². The Balaban J connectivity index is 1.48. The van der Waals surface area contributed by atoms with E-state index in [9.17, 15) is 23.2 Å². The lowest BCUT2D eigenvalue weighted by Crippen LogP contribution is -2.23. The van der Waals surface area contributed by atoms with Gasteiger partial charge in [0, 0.05) is 36.1 Å². The number of amides is 1. The molecule has 39 heavy (non-hydrogen) atoms. The zero-order valence-corrected chi connectivity index (χ0v) is 21.0. The highest BCUT2D eigenvalue weighted by Gasteiger charge is 2.39. The van der Waals surface area contributed by atoms with Crippen LogP contribution in [-0.2, 0) is 19.8 Å². The summed E-state index contributed by atoms with van der Waals surface area (Å²) < 4.78 is 43.0. The van der Waals surface area contributed by atoms with Crippen molar-refractivity contribution in [2.24, 2.45) is 13.0 Å². The minimum absolute atomic E-state index is 0.0286. The summed E-state index contributed by atoms with van der Waals surface area (Å²) in [6.45, 7) is 0.563. The van der Waals surface area contributed by atoms with Crippen LogP contribution in [0.4, 0.5) is 24.5 Å². The van der Waals surface area contributed by atoms with Crippen molar-refractivity contribution in [3.8, 4) is 28.6 Å². The first kappa shape index (κ1) is 24.7. The van der Waals surface area contributed by atoms with Gasteiger partial charge in [-0.3, -0.25) is 4.79 Å². The molecule has 0 atom stereocenters. The van der Waals surface area contributed by atoms with Crippen molar-refractivity contribution in [1.82, 2.24) is 14.8 Å². The maximum atomic E-state index is 13.7. The largest absolute Gasteiger partial charge is 0.416 e. The molecular weight excluding hydrogens is 505 g/mol. The van der Waals surface area contributed by atoms with Crippen molar-refractivity contribution >= 4 is 17.3 Å². The molecule has 2 heterocycles. The summed E-state index contributed by atoms with van der Waals surface area (Å²) in [5.74, 6) is 0.674. The second kappa shape index (κ2) is 9.27. The topological polar surface area (TPSA) is 86.8 Å². The fourth-order valence-electron chi connectivity index (χ4n) is 4.99. The quantitative estimate of drug-likeness (QED) is 0.331. The highest BCUT2D eigenvalue weighted by atomic mass is 19.4. The first-order valence-electron chi connectivity index (χ1n) is 12.5. The van der Waals surface area contributed by atoms with E-state index in [0.717, 1.165) is 36.7 Å². The second-order valence-corrected chi connectivity index (χ2v) is 9.95. The fraction of sp³-hybridized carbons (Fsp3) is 0.241. The van der Waals surface area contributed by atoms with Gasteiger partial charge in [-0.15, -0.1) is 10.2 Å². The van der Waals surface area contributed by atoms with Crippen LogP contribution in [-0.4, -0.2) is 27.2 Å². The van der Waals surface area contributed by atoms with E-state index in [4.69, 9.17) is 0 Å². The van der Waals surface area contributed by atoms with Gasteiger partial charge in [0.2, 0.25) is 0 Å². The molecule has 1 aromatic heterocycles. The molecule has 0 saturated heterocycles. The number of carbonyl (C=O) groups excluding carboxylic acids is 1. The lowest BCUT2D eigenvalue weighted by Gasteiger charge is -2.20. The van der Waals surface area contributed by atoms with Crippen LogP contribution in [0.15, 0.2) is 60.9 Å². The van der Waals surface area contributed by atoms with Crippen molar-refractivity contribution in [2.75, 3.05) is 16.8 Å². The van der Waals surface area contributed by atoms with Crippen LogP contribution in [0.3, 0.4) is 0 Å². The summed E-state index contributed by atoms with van der Waals surface area (Å²) in [5, 5.41) is 21.2. The molecule has 1 aliphatic carbocycles. The summed E-state index contributed by atoms with van der Waals surface area (Å²) in [5.41, 5.74) is 2.98. The van der Waals surface area contributed by atoms with Gasteiger partial charge in [0.15, 0.2) is 5.82 Å². The third kappa shape index (κ3) is 4.61. The van der Waals surface area contributed by atoms with E-state index in [1.165, 1.54) is 17.0 Å². The molecule has 196 valence electrons. The SMILES string of the molecule is Cn1cnnc1-c1ccc(C#N)cc1-c1cc(NCC2CC2)cc(N2Cc3c(cccc3C(F)(F)F)C2=O)c1. The van der Waals surface area contributed by atoms with Gasteiger partial charge in [0.05, 0.1) is 23.7 Å². The molecule has 4 aromatic rings. The van der Waals surface area contributed by atoms with Gasteiger partial charge in [0.25, 0.3) is 5.91 Å². The van der Waals surface area contributed by atoms with Crippen molar-refractivity contribution < 1.29 is 18.0 Å². The predicted octanol–water partition coefficient (Wildman–Crippen LogP) is 6.02. The second-order valence-electron chi connectivity index (χ2n) is 9.95. The van der Waals surface area contributed by atoms with Crippen molar-refractivity contribution in [2.45, 2.75) is 25.6 Å². The molecule has 10 heteroatoms. The maximum Gasteiger partial charge on any atom is 0.416 e. The number of carbonyl (C=O) groups is 1. The van der Waals surface area contributed by atoms with Crippen LogP contribution in [0.2, 0.25) is 0 Å². The normalized spacial score (nSPS) is 14.8. The lowest BCUT2D eigenvalue weighted by molar-refractivity contribution is -0.138. The average molecular weight is 529 g/mol. The van der Waals surface area contributed by atoms with Crippen molar-refractivity contribution in [3.63, 3.8) is 0 Å². The Bertz CT molecular complexity index is 1650. The number of halogens is 3. The molecule has 0 radical (unpaired) electrons. The van der Waals surface area contributed by atoms with Gasteiger partial charge in [-0.25, -0.2) is 0 Å². The van der Waals surface area contributed by atoms with Crippen molar-refractivity contribution in [3.05, 3.63) is 83.2 Å². The molecule has 1 N–H and O–H groups in total. The van der Waals surface area contributed by atoms with Gasteiger partial charge < -0.3 is 14.8 Å². The average Bonchev–Trinajstić information content (AvgIpc) is 3.57. The smallest absolute Gasteiger partial charge is 0.385 e. The number of fused-ring (bicyclic) bond motifs is 1. The highest BCUT2D eigenvalue weighted by molar-refractivity contribution is 6.11. The molecule has 1 saturated carbocycles. The number of anilines is 2. The van der Waals surface area contributed by atoms with E-state index < -0.39 is 17.6 Å². The number of hydrogen-bond acceptors (Lipinski definition) is 5. The standard InChI is InChI=1S/C29H23F3N6O/c1-37-16-35-36-27(37)22-8-7-18(13-33)9-24(22)19-10-20(34-14-17-5-6-17)12-21(11-19)38-15-25-23(28(38)39)3-2-4-26(25)29(30,31)32/h2-4,7-12,16-17,34H,5-6,14-15H2,1H3. The molecule has 0 unspecified atom stereocenters. The number of rotatable bonds is 6. The molecule has 0 bridgehead atoms. The Kier molecular flexibility index (Phi) is 5.87. The number of nitrogens with zero attached hydrogens (tertiary/aromatic N) is 5. The van der Waals surface area contributed by atoms with Gasteiger partial charge in [-0.1, -0.05) is 6.07 Å². The summed E-state index contributed by atoms with van der Waals surface area (Å²) in [7, 11) is 1.81. The van der Waals surface area contributed by atoms with E-state index in [-0.39, 0.29) is 17.7 Å². The van der Waals surface area contributed by atoms with E-state index >= 15 is 0 Å². The zero-order chi connectivity index (χ0) is 27.3. The third-order valence-corrected chi connectivity index (χ3v) is 7.21. The molecule has 1 fully saturated rings. The molecule has 7 nitrogen and oxygen atoms in total. The lowest BCUT2D eigenvalue weighted by atomic mass is 9.95. The summed E-state index contributed by atoms with van der Waals surface area (Å²) in [4.78, 5) is 14.8. The van der Waals surface area contributed by atoms with Gasteiger partial charge in [0.1, 0.15) is 6.33 Å². The number of alkyl halides is 3. The fourth-order valence-corrected chi connectivity index (χ4v) is 4.99. The minimum Gasteiger partial charge on any atom is -0.385 e. The number of nitriles is 1. The molecule has 1 amide bonds. The molecule has 2 aliphatic rings. The van der Waals surface area contributed by atoms with Gasteiger partial charge in [-0.05, 0) is 84.0 Å². The van der Waals surface area contributed by atoms with Crippen LogP contribution in [0.1, 0.15) is 39.9 Å². The molecule has 6 rings (SSSR count). The number of benzene rings is 3. The van der Waals surface area contributed by atoms with Crippen LogP contribution in [0.5, 0.6) is 0 Å². The van der Waals surface area contributed by atoms with Crippen molar-refractivity contribution in [1.29, 1.82) is 5.26 Å². The minimum atomic E-state index is -4.57. The van der Waals surface area contributed by atoms with E-state index in [1.54, 1.807) is 41.2 Å². The zero-order valence-electron chi connectivity index (χ0n) is 21.0. The monoisotopic (exact) mass is 528 g/mol. The van der Waals surface area contributed by atoms with Crippen LogP contribution in [0, 0.1) is 17.2 Å². The highest BCUT2D eigenvalue weighted by Crippen LogP contribution is 2.41. The number of nitrogens with one attached hydrogen (secondary N) is 1. The summed E-state index contributed by atoms with van der Waals surface area (Å²) in [6, 6.07) is 16.6. The van der Waals surface area contributed by atoms with Gasteiger partial charge >= 0.3 is 6.18 Å².